The average Bonchev–Trinajstić information content (AvgIpc) is 3.32. The fraction of sp³-hybridized carbons (Fsp3) is 0.125. The third kappa shape index (κ3) is 4.68. The van der Waals surface area contributed by atoms with Gasteiger partial charge in [0.1, 0.15) is 0 Å². The molecule has 0 saturated carbocycles. The van der Waals surface area contributed by atoms with Crippen LogP contribution in [0.1, 0.15) is 12.5 Å². The summed E-state index contributed by atoms with van der Waals surface area (Å²) in [7, 11) is 1.42. The van der Waals surface area contributed by atoms with Gasteiger partial charge in [0.2, 0.25) is 0 Å². The number of para-hydroxylation sites is 2. The van der Waals surface area contributed by atoms with Gasteiger partial charge in [0.05, 0.1) is 29.9 Å². The van der Waals surface area contributed by atoms with Crippen molar-refractivity contribution < 1.29 is 29.0 Å². The summed E-state index contributed by atoms with van der Waals surface area (Å²) in [6.07, 6.45) is 2.67. The standard InChI is InChI=1S/C24H19N3O6S2/c1-3-33-23(31)19-16(21(29)27(25-19)15-9-5-4-6-10-15)13-26-22(30)18(35-24(26)34)12-14-8-7-11-17(32-2)20(14)28/h4-13,28H,3H2,1-2H3/b16-13-,18-12+. The van der Waals surface area contributed by atoms with Crippen LogP contribution >= 0.6 is 24.0 Å². The number of methoxy groups -OCH3 is 1. The molecule has 0 spiro atoms. The Balaban J connectivity index is 1.70. The van der Waals surface area contributed by atoms with Gasteiger partial charge in [-0.2, -0.15) is 10.1 Å². The number of phenolic OH excluding ortho intramolecular Hbond substituents is 1. The van der Waals surface area contributed by atoms with E-state index in [9.17, 15) is 19.5 Å². The lowest BCUT2D eigenvalue weighted by atomic mass is 10.1. The predicted molar refractivity (Wildman–Crippen MR) is 136 cm³/mol. The summed E-state index contributed by atoms with van der Waals surface area (Å²) in [5, 5.41) is 15.6. The van der Waals surface area contributed by atoms with Crippen molar-refractivity contribution in [3.05, 3.63) is 70.8 Å². The second-order valence-electron chi connectivity index (χ2n) is 7.11. The summed E-state index contributed by atoms with van der Waals surface area (Å²) in [6.45, 7) is 1.72. The van der Waals surface area contributed by atoms with Crippen molar-refractivity contribution in [3.63, 3.8) is 0 Å². The molecule has 1 fully saturated rings. The number of anilines is 1. The summed E-state index contributed by atoms with van der Waals surface area (Å²) in [5.74, 6) is -1.80. The van der Waals surface area contributed by atoms with Crippen molar-refractivity contribution in [1.29, 1.82) is 0 Å². The van der Waals surface area contributed by atoms with Crippen LogP contribution in [0.4, 0.5) is 5.69 Å². The summed E-state index contributed by atoms with van der Waals surface area (Å²) in [4.78, 5) is 40.2. The lowest BCUT2D eigenvalue weighted by molar-refractivity contribution is -0.135. The number of carbonyl (C=O) groups is 3. The van der Waals surface area contributed by atoms with E-state index in [-0.39, 0.29) is 38.6 Å². The lowest BCUT2D eigenvalue weighted by Crippen LogP contribution is -2.28. The molecule has 2 heterocycles. The van der Waals surface area contributed by atoms with Crippen LogP contribution in [0.15, 0.2) is 70.3 Å². The molecule has 0 aliphatic carbocycles. The molecule has 2 aliphatic heterocycles. The quantitative estimate of drug-likeness (QED) is 0.358. The van der Waals surface area contributed by atoms with Crippen LogP contribution in [-0.4, -0.2) is 51.5 Å². The Kier molecular flexibility index (Phi) is 6.99. The molecule has 1 saturated heterocycles. The molecule has 2 aromatic carbocycles. The molecule has 0 radical (unpaired) electrons. The Morgan fingerprint density at radius 2 is 1.89 bits per heavy atom. The second-order valence-corrected chi connectivity index (χ2v) is 8.79. The maximum absolute atomic E-state index is 13.2. The number of hydrazone groups is 1. The normalized spacial score (nSPS) is 18.0. The summed E-state index contributed by atoms with van der Waals surface area (Å²) in [5.41, 5.74) is 0.443. The maximum Gasteiger partial charge on any atom is 0.359 e. The van der Waals surface area contributed by atoms with Gasteiger partial charge in [-0.05, 0) is 31.2 Å². The highest BCUT2D eigenvalue weighted by Gasteiger charge is 2.39. The molecule has 11 heteroatoms. The van der Waals surface area contributed by atoms with E-state index in [1.165, 1.54) is 19.4 Å². The molecule has 0 aromatic heterocycles. The van der Waals surface area contributed by atoms with Gasteiger partial charge >= 0.3 is 5.97 Å². The Hall–Kier alpha value is -3.96. The molecule has 2 aliphatic rings. The van der Waals surface area contributed by atoms with Crippen LogP contribution in [0.25, 0.3) is 6.08 Å². The highest BCUT2D eigenvalue weighted by atomic mass is 32.2. The van der Waals surface area contributed by atoms with Crippen molar-refractivity contribution in [2.75, 3.05) is 18.7 Å². The lowest BCUT2D eigenvalue weighted by Gasteiger charge is -2.12. The minimum Gasteiger partial charge on any atom is -0.504 e. The zero-order valence-electron chi connectivity index (χ0n) is 18.6. The molecular formula is C24H19N3O6S2. The van der Waals surface area contributed by atoms with E-state index in [1.807, 2.05) is 0 Å². The number of hydrogen-bond donors (Lipinski definition) is 1. The SMILES string of the molecule is CCOC(=O)C1=NN(c2ccccc2)C(=O)/C1=C\N1C(=O)/C(=C\c2cccc(OC)c2O)SC1=S. The van der Waals surface area contributed by atoms with Crippen LogP contribution < -0.4 is 9.75 Å². The summed E-state index contributed by atoms with van der Waals surface area (Å²) >= 11 is 6.35. The fourth-order valence-corrected chi connectivity index (χ4v) is 4.51. The summed E-state index contributed by atoms with van der Waals surface area (Å²) in [6, 6.07) is 13.4. The maximum atomic E-state index is 13.2. The van der Waals surface area contributed by atoms with Crippen LogP contribution in [0, 0.1) is 0 Å². The van der Waals surface area contributed by atoms with Gasteiger partial charge in [0.15, 0.2) is 21.5 Å². The monoisotopic (exact) mass is 509 g/mol. The highest BCUT2D eigenvalue weighted by Crippen LogP contribution is 2.37. The number of nitrogens with zero attached hydrogens (tertiary/aromatic N) is 3. The molecule has 1 N–H and O–H groups in total. The first-order valence-electron chi connectivity index (χ1n) is 10.4. The van der Waals surface area contributed by atoms with Gasteiger partial charge in [-0.15, -0.1) is 0 Å². The number of carbonyl (C=O) groups excluding carboxylic acids is 3. The smallest absolute Gasteiger partial charge is 0.359 e. The zero-order chi connectivity index (χ0) is 25.1. The Labute approximate surface area is 210 Å². The van der Waals surface area contributed by atoms with Crippen LogP contribution in [0.3, 0.4) is 0 Å². The topological polar surface area (TPSA) is 109 Å². The number of thioether (sulfide) groups is 1. The van der Waals surface area contributed by atoms with Gasteiger partial charge < -0.3 is 14.6 Å². The van der Waals surface area contributed by atoms with Gasteiger partial charge in [0.25, 0.3) is 11.8 Å². The van der Waals surface area contributed by atoms with E-state index in [0.29, 0.717) is 11.3 Å². The Morgan fingerprint density at radius 3 is 2.57 bits per heavy atom. The molecule has 178 valence electrons. The summed E-state index contributed by atoms with van der Waals surface area (Å²) < 4.78 is 10.3. The number of esters is 1. The molecular weight excluding hydrogens is 490 g/mol. The number of phenols is 1. The number of benzene rings is 2. The van der Waals surface area contributed by atoms with Crippen molar-refractivity contribution in [1.82, 2.24) is 4.90 Å². The second kappa shape index (κ2) is 10.1. The van der Waals surface area contributed by atoms with Gasteiger partial charge in [-0.1, -0.05) is 54.3 Å². The number of ether oxygens (including phenoxy) is 2. The first kappa shape index (κ1) is 24.2. The van der Waals surface area contributed by atoms with E-state index < -0.39 is 17.8 Å². The van der Waals surface area contributed by atoms with E-state index in [2.05, 4.69) is 5.10 Å². The van der Waals surface area contributed by atoms with Gasteiger partial charge in [-0.25, -0.2) is 4.79 Å². The van der Waals surface area contributed by atoms with E-state index >= 15 is 0 Å². The molecule has 35 heavy (non-hydrogen) atoms. The fourth-order valence-electron chi connectivity index (χ4n) is 3.31. The Bertz CT molecular complexity index is 1320. The highest BCUT2D eigenvalue weighted by molar-refractivity contribution is 8.26. The third-order valence-electron chi connectivity index (χ3n) is 4.97. The molecule has 9 nitrogen and oxygen atoms in total. The van der Waals surface area contributed by atoms with Gasteiger partial charge in [0, 0.05) is 11.8 Å². The third-order valence-corrected chi connectivity index (χ3v) is 6.30. The first-order valence-corrected chi connectivity index (χ1v) is 11.6. The first-order chi connectivity index (χ1) is 16.8. The number of amides is 2. The Morgan fingerprint density at radius 1 is 1.14 bits per heavy atom. The zero-order valence-corrected chi connectivity index (χ0v) is 20.3. The van der Waals surface area contributed by atoms with Crippen LogP contribution in [-0.2, 0) is 19.1 Å². The molecule has 0 atom stereocenters. The minimum atomic E-state index is -0.798. The number of rotatable bonds is 6. The van der Waals surface area contributed by atoms with Crippen molar-refractivity contribution in [2.45, 2.75) is 6.92 Å². The van der Waals surface area contributed by atoms with Gasteiger partial charge in [-0.3, -0.25) is 14.5 Å². The minimum absolute atomic E-state index is 0.0818. The average molecular weight is 510 g/mol. The number of thiocarbonyl (C=S) groups is 1. The molecule has 2 aromatic rings. The van der Waals surface area contributed by atoms with Crippen molar-refractivity contribution in [2.24, 2.45) is 5.10 Å². The van der Waals surface area contributed by atoms with Crippen molar-refractivity contribution >= 4 is 63.6 Å². The van der Waals surface area contributed by atoms with E-state index in [4.69, 9.17) is 21.7 Å². The molecule has 4 rings (SSSR count). The van der Waals surface area contributed by atoms with Crippen molar-refractivity contribution in [3.8, 4) is 11.5 Å². The predicted octanol–water partition coefficient (Wildman–Crippen LogP) is 3.45. The molecule has 0 bridgehead atoms. The van der Waals surface area contributed by atoms with E-state index in [1.54, 1.807) is 55.5 Å². The molecule has 2 amide bonds. The number of aromatic hydroxyl groups is 1. The van der Waals surface area contributed by atoms with Crippen LogP contribution in [0.5, 0.6) is 11.5 Å². The van der Waals surface area contributed by atoms with E-state index in [0.717, 1.165) is 21.7 Å². The largest absolute Gasteiger partial charge is 0.504 e. The van der Waals surface area contributed by atoms with Crippen LogP contribution in [0.2, 0.25) is 0 Å². The molecule has 0 unspecified atom stereocenters. The number of hydrogen-bond acceptors (Lipinski definition) is 9.